The predicted octanol–water partition coefficient (Wildman–Crippen LogP) is 3.93. The normalized spacial score (nSPS) is 10.3. The fraction of sp³-hybridized carbons (Fsp3) is 0.0714. The molecule has 0 amide bonds. The summed E-state index contributed by atoms with van der Waals surface area (Å²) in [4.78, 5) is 10.9. The van der Waals surface area contributed by atoms with Gasteiger partial charge in [0, 0.05) is 18.3 Å². The van der Waals surface area contributed by atoms with Gasteiger partial charge < -0.3 is 10.4 Å². The first-order valence-corrected chi connectivity index (χ1v) is 6.05. The van der Waals surface area contributed by atoms with Crippen LogP contribution >= 0.6 is 11.6 Å². The number of halogens is 3. The van der Waals surface area contributed by atoms with Crippen LogP contribution in [0.1, 0.15) is 15.9 Å². The molecule has 6 heteroatoms. The Morgan fingerprint density at radius 3 is 2.40 bits per heavy atom. The molecule has 0 unspecified atom stereocenters. The van der Waals surface area contributed by atoms with E-state index in [1.165, 1.54) is 24.3 Å². The molecule has 0 aliphatic rings. The smallest absolute Gasteiger partial charge is 0.337 e. The lowest BCUT2D eigenvalue weighted by Gasteiger charge is -2.08. The minimum atomic E-state index is -1.14. The third-order valence-corrected chi connectivity index (χ3v) is 2.95. The molecule has 2 aromatic carbocycles. The van der Waals surface area contributed by atoms with E-state index >= 15 is 0 Å². The molecule has 0 heterocycles. The zero-order valence-corrected chi connectivity index (χ0v) is 10.9. The van der Waals surface area contributed by atoms with Gasteiger partial charge in [-0.25, -0.2) is 13.6 Å². The molecule has 104 valence electrons. The summed E-state index contributed by atoms with van der Waals surface area (Å²) in [6.07, 6.45) is 0. The Morgan fingerprint density at radius 2 is 1.80 bits per heavy atom. The monoisotopic (exact) mass is 297 g/mol. The highest BCUT2D eigenvalue weighted by molar-refractivity contribution is 6.33. The van der Waals surface area contributed by atoms with Crippen LogP contribution in [-0.4, -0.2) is 11.1 Å². The van der Waals surface area contributed by atoms with Crippen LogP contribution < -0.4 is 5.32 Å². The van der Waals surface area contributed by atoms with Crippen LogP contribution in [0.25, 0.3) is 0 Å². The molecular formula is C14H10ClF2NO2. The Hall–Kier alpha value is -2.14. The topological polar surface area (TPSA) is 49.3 Å². The van der Waals surface area contributed by atoms with Gasteiger partial charge in [-0.05, 0) is 35.9 Å². The summed E-state index contributed by atoms with van der Waals surface area (Å²) in [6.45, 7) is 0.162. The van der Waals surface area contributed by atoms with Crippen molar-refractivity contribution in [1.82, 2.24) is 0 Å². The Kier molecular flexibility index (Phi) is 4.20. The van der Waals surface area contributed by atoms with Crippen molar-refractivity contribution in [2.24, 2.45) is 0 Å². The highest BCUT2D eigenvalue weighted by Gasteiger charge is 2.09. The van der Waals surface area contributed by atoms with Crippen LogP contribution in [0.2, 0.25) is 5.02 Å². The van der Waals surface area contributed by atoms with Crippen molar-refractivity contribution < 1.29 is 18.7 Å². The lowest BCUT2D eigenvalue weighted by Crippen LogP contribution is -2.03. The van der Waals surface area contributed by atoms with Gasteiger partial charge in [0.05, 0.1) is 10.6 Å². The second-order valence-electron chi connectivity index (χ2n) is 4.13. The number of anilines is 1. The molecule has 0 spiro atoms. The number of rotatable bonds is 4. The van der Waals surface area contributed by atoms with Gasteiger partial charge in [0.15, 0.2) is 0 Å². The molecular weight excluding hydrogens is 288 g/mol. The highest BCUT2D eigenvalue weighted by Crippen LogP contribution is 2.21. The van der Waals surface area contributed by atoms with Gasteiger partial charge in [0.2, 0.25) is 0 Å². The summed E-state index contributed by atoms with van der Waals surface area (Å²) >= 11 is 5.74. The average Bonchev–Trinajstić information content (AvgIpc) is 2.36. The van der Waals surface area contributed by atoms with Crippen molar-refractivity contribution in [1.29, 1.82) is 0 Å². The van der Waals surface area contributed by atoms with Crippen LogP contribution in [0.3, 0.4) is 0 Å². The zero-order valence-electron chi connectivity index (χ0n) is 10.2. The van der Waals surface area contributed by atoms with E-state index in [0.717, 1.165) is 6.07 Å². The Morgan fingerprint density at radius 1 is 1.15 bits per heavy atom. The van der Waals surface area contributed by atoms with Crippen molar-refractivity contribution in [3.63, 3.8) is 0 Å². The maximum Gasteiger partial charge on any atom is 0.337 e. The molecule has 0 radical (unpaired) electrons. The van der Waals surface area contributed by atoms with Crippen molar-refractivity contribution in [2.75, 3.05) is 5.32 Å². The molecule has 0 aliphatic carbocycles. The number of aromatic carboxylic acids is 1. The first-order valence-electron chi connectivity index (χ1n) is 5.67. The molecule has 2 rings (SSSR count). The number of carboxylic acids is 1. The quantitative estimate of drug-likeness (QED) is 0.899. The third-order valence-electron chi connectivity index (χ3n) is 2.62. The van der Waals surface area contributed by atoms with E-state index in [4.69, 9.17) is 16.7 Å². The van der Waals surface area contributed by atoms with Crippen LogP contribution in [0.5, 0.6) is 0 Å². The summed E-state index contributed by atoms with van der Waals surface area (Å²) < 4.78 is 26.0. The maximum absolute atomic E-state index is 13.0. The molecule has 0 saturated heterocycles. The van der Waals surface area contributed by atoms with E-state index in [0.29, 0.717) is 11.3 Å². The summed E-state index contributed by atoms with van der Waals surface area (Å²) in [5.41, 5.74) is 0.868. The number of hydrogen-bond acceptors (Lipinski definition) is 2. The Bertz CT molecular complexity index is 641. The molecule has 0 bridgehead atoms. The van der Waals surface area contributed by atoms with Gasteiger partial charge in [-0.15, -0.1) is 0 Å². The molecule has 20 heavy (non-hydrogen) atoms. The van der Waals surface area contributed by atoms with Gasteiger partial charge in [0.25, 0.3) is 0 Å². The molecule has 2 N–H and O–H groups in total. The number of carboxylic acid groups (broad SMARTS) is 1. The zero-order chi connectivity index (χ0) is 14.7. The molecule has 0 aromatic heterocycles. The van der Waals surface area contributed by atoms with Crippen molar-refractivity contribution in [2.45, 2.75) is 6.54 Å². The number of nitrogens with one attached hydrogen (secondary N) is 1. The van der Waals surface area contributed by atoms with E-state index < -0.39 is 17.6 Å². The predicted molar refractivity (Wildman–Crippen MR) is 72.1 cm³/mol. The summed E-state index contributed by atoms with van der Waals surface area (Å²) in [6, 6.07) is 7.58. The van der Waals surface area contributed by atoms with Crippen molar-refractivity contribution in [3.8, 4) is 0 Å². The summed E-state index contributed by atoms with van der Waals surface area (Å²) in [5, 5.41) is 11.9. The van der Waals surface area contributed by atoms with Gasteiger partial charge in [0.1, 0.15) is 11.6 Å². The lowest BCUT2D eigenvalue weighted by atomic mass is 10.1. The van der Waals surface area contributed by atoms with Gasteiger partial charge in [-0.1, -0.05) is 11.6 Å². The molecule has 3 nitrogen and oxygen atoms in total. The van der Waals surface area contributed by atoms with E-state index in [1.54, 1.807) is 6.07 Å². The molecule has 0 fully saturated rings. The van der Waals surface area contributed by atoms with Gasteiger partial charge in [-0.3, -0.25) is 0 Å². The largest absolute Gasteiger partial charge is 0.478 e. The van der Waals surface area contributed by atoms with Gasteiger partial charge >= 0.3 is 5.97 Å². The van der Waals surface area contributed by atoms with E-state index in [2.05, 4.69) is 5.32 Å². The summed E-state index contributed by atoms with van der Waals surface area (Å²) in [7, 11) is 0. The molecule has 0 aliphatic heterocycles. The standard InChI is InChI=1S/C14H10ClF2NO2/c15-13-2-1-11(6-12(13)14(19)20)18-7-8-3-9(16)5-10(17)4-8/h1-6,18H,7H2,(H,19,20). The Balaban J connectivity index is 2.14. The van der Waals surface area contributed by atoms with Crippen LogP contribution in [0.4, 0.5) is 14.5 Å². The first kappa shape index (κ1) is 14.3. The fourth-order valence-corrected chi connectivity index (χ4v) is 1.91. The minimum Gasteiger partial charge on any atom is -0.478 e. The SMILES string of the molecule is O=C(O)c1cc(NCc2cc(F)cc(F)c2)ccc1Cl. The minimum absolute atomic E-state index is 0.0397. The third kappa shape index (κ3) is 3.45. The van der Waals surface area contributed by atoms with Gasteiger partial charge in [-0.2, -0.15) is 0 Å². The van der Waals surface area contributed by atoms with Crippen LogP contribution in [0.15, 0.2) is 36.4 Å². The number of benzene rings is 2. The molecule has 2 aromatic rings. The Labute approximate surface area is 118 Å². The highest BCUT2D eigenvalue weighted by atomic mass is 35.5. The van der Waals surface area contributed by atoms with Crippen molar-refractivity contribution in [3.05, 3.63) is 64.2 Å². The average molecular weight is 298 g/mol. The molecule has 0 atom stereocenters. The second-order valence-corrected chi connectivity index (χ2v) is 4.54. The molecule has 0 saturated carbocycles. The number of hydrogen-bond donors (Lipinski definition) is 2. The second kappa shape index (κ2) is 5.88. The van der Waals surface area contributed by atoms with E-state index in [1.807, 2.05) is 0 Å². The van der Waals surface area contributed by atoms with Crippen molar-refractivity contribution >= 4 is 23.3 Å². The lowest BCUT2D eigenvalue weighted by molar-refractivity contribution is 0.0697. The number of carbonyl (C=O) groups is 1. The van der Waals surface area contributed by atoms with Crippen LogP contribution in [0, 0.1) is 11.6 Å². The fourth-order valence-electron chi connectivity index (χ4n) is 1.72. The first-order chi connectivity index (χ1) is 9.45. The van der Waals surface area contributed by atoms with E-state index in [-0.39, 0.29) is 17.1 Å². The van der Waals surface area contributed by atoms with Crippen LogP contribution in [-0.2, 0) is 6.54 Å². The summed E-state index contributed by atoms with van der Waals surface area (Å²) in [5.74, 6) is -2.47. The maximum atomic E-state index is 13.0. The van der Waals surface area contributed by atoms with E-state index in [9.17, 15) is 13.6 Å².